The van der Waals surface area contributed by atoms with Crippen LogP contribution in [-0.4, -0.2) is 38.3 Å². The number of benzene rings is 1. The first-order valence-electron chi connectivity index (χ1n) is 10.4. The highest BCUT2D eigenvalue weighted by molar-refractivity contribution is 7.89. The second kappa shape index (κ2) is 9.23. The summed E-state index contributed by atoms with van der Waals surface area (Å²) in [6.07, 6.45) is 9.47. The van der Waals surface area contributed by atoms with Gasteiger partial charge < -0.3 is 5.32 Å². The topological polar surface area (TPSA) is 66.5 Å². The molecular weight excluding hydrogens is 372 g/mol. The molecule has 1 N–H and O–H groups in total. The van der Waals surface area contributed by atoms with E-state index in [0.717, 1.165) is 36.8 Å². The van der Waals surface area contributed by atoms with Gasteiger partial charge in [-0.2, -0.15) is 4.31 Å². The number of amides is 1. The first-order chi connectivity index (χ1) is 13.4. The Balaban J connectivity index is 1.60. The summed E-state index contributed by atoms with van der Waals surface area (Å²) in [7, 11) is -3.58. The Morgan fingerprint density at radius 1 is 1.21 bits per heavy atom. The SMILES string of the molecule is Cc1ccc(C)c(S(=O)(=O)N2CCCC(C(=O)NCCC3=CCCCC3)C2)c1. The van der Waals surface area contributed by atoms with Crippen LogP contribution in [0.1, 0.15) is 56.1 Å². The van der Waals surface area contributed by atoms with Crippen molar-refractivity contribution in [3.63, 3.8) is 0 Å². The van der Waals surface area contributed by atoms with Gasteiger partial charge in [0.15, 0.2) is 0 Å². The molecule has 0 radical (unpaired) electrons. The molecule has 1 atom stereocenters. The van der Waals surface area contributed by atoms with E-state index in [0.29, 0.717) is 24.4 Å². The second-order valence-corrected chi connectivity index (χ2v) is 10.0. The molecule has 1 aliphatic carbocycles. The summed E-state index contributed by atoms with van der Waals surface area (Å²) in [5.41, 5.74) is 3.11. The van der Waals surface area contributed by atoms with Gasteiger partial charge in [-0.3, -0.25) is 4.79 Å². The molecule has 0 saturated carbocycles. The molecule has 1 amide bonds. The van der Waals surface area contributed by atoms with Crippen LogP contribution in [-0.2, 0) is 14.8 Å². The number of hydrogen-bond donors (Lipinski definition) is 1. The van der Waals surface area contributed by atoms with Crippen molar-refractivity contribution in [2.24, 2.45) is 5.92 Å². The van der Waals surface area contributed by atoms with Crippen LogP contribution < -0.4 is 5.32 Å². The van der Waals surface area contributed by atoms with Gasteiger partial charge in [0.25, 0.3) is 0 Å². The lowest BCUT2D eigenvalue weighted by Gasteiger charge is -2.31. The van der Waals surface area contributed by atoms with Crippen molar-refractivity contribution < 1.29 is 13.2 Å². The van der Waals surface area contributed by atoms with E-state index in [9.17, 15) is 13.2 Å². The summed E-state index contributed by atoms with van der Waals surface area (Å²) in [5, 5.41) is 3.03. The fraction of sp³-hybridized carbons (Fsp3) is 0.591. The lowest BCUT2D eigenvalue weighted by Crippen LogP contribution is -2.45. The molecule has 0 spiro atoms. The number of rotatable bonds is 6. The summed E-state index contributed by atoms with van der Waals surface area (Å²) < 4.78 is 27.8. The number of piperidine rings is 1. The quantitative estimate of drug-likeness (QED) is 0.735. The summed E-state index contributed by atoms with van der Waals surface area (Å²) >= 11 is 0. The van der Waals surface area contributed by atoms with Gasteiger partial charge in [-0.15, -0.1) is 0 Å². The van der Waals surface area contributed by atoms with Crippen LogP contribution in [0.15, 0.2) is 34.7 Å². The van der Waals surface area contributed by atoms with E-state index in [4.69, 9.17) is 0 Å². The number of hydrogen-bond acceptors (Lipinski definition) is 3. The standard InChI is InChI=1S/C22H32N2O3S/c1-17-10-11-18(2)21(15-17)28(26,27)24-14-6-9-20(16-24)22(25)23-13-12-19-7-4-3-5-8-19/h7,10-11,15,20H,3-6,8-9,12-14,16H2,1-2H3,(H,23,25). The van der Waals surface area contributed by atoms with Crippen LogP contribution in [0.4, 0.5) is 0 Å². The molecule has 6 heteroatoms. The molecule has 1 aromatic rings. The average molecular weight is 405 g/mol. The van der Waals surface area contributed by atoms with Crippen molar-refractivity contribution in [3.8, 4) is 0 Å². The van der Waals surface area contributed by atoms with Crippen LogP contribution in [0.5, 0.6) is 0 Å². The molecule has 3 rings (SSSR count). The van der Waals surface area contributed by atoms with Crippen molar-refractivity contribution in [2.45, 2.75) is 63.7 Å². The van der Waals surface area contributed by atoms with Crippen molar-refractivity contribution in [2.75, 3.05) is 19.6 Å². The summed E-state index contributed by atoms with van der Waals surface area (Å²) in [6, 6.07) is 5.49. The minimum absolute atomic E-state index is 0.0164. The second-order valence-electron chi connectivity index (χ2n) is 8.12. The van der Waals surface area contributed by atoms with Crippen LogP contribution in [0.3, 0.4) is 0 Å². The zero-order chi connectivity index (χ0) is 20.1. The molecule has 1 aromatic carbocycles. The maximum atomic E-state index is 13.1. The Labute approximate surface area is 169 Å². The third kappa shape index (κ3) is 5.03. The third-order valence-electron chi connectivity index (χ3n) is 5.85. The van der Waals surface area contributed by atoms with Gasteiger partial charge in [-0.05, 0) is 76.0 Å². The van der Waals surface area contributed by atoms with E-state index in [1.54, 1.807) is 6.07 Å². The summed E-state index contributed by atoms with van der Waals surface area (Å²) in [4.78, 5) is 13.0. The van der Waals surface area contributed by atoms with Crippen LogP contribution in [0, 0.1) is 19.8 Å². The van der Waals surface area contributed by atoms with Crippen molar-refractivity contribution in [1.29, 1.82) is 0 Å². The minimum Gasteiger partial charge on any atom is -0.356 e. The van der Waals surface area contributed by atoms with Gasteiger partial charge in [0.2, 0.25) is 15.9 Å². The van der Waals surface area contributed by atoms with Gasteiger partial charge in [-0.25, -0.2) is 8.42 Å². The van der Waals surface area contributed by atoms with Crippen molar-refractivity contribution >= 4 is 15.9 Å². The maximum absolute atomic E-state index is 13.1. The Hall–Kier alpha value is -1.66. The molecule has 0 bridgehead atoms. The fourth-order valence-electron chi connectivity index (χ4n) is 4.12. The van der Waals surface area contributed by atoms with E-state index in [1.165, 1.54) is 22.7 Å². The highest BCUT2D eigenvalue weighted by Gasteiger charge is 2.33. The molecule has 28 heavy (non-hydrogen) atoms. The Morgan fingerprint density at radius 3 is 2.79 bits per heavy atom. The highest BCUT2D eigenvalue weighted by atomic mass is 32.2. The van der Waals surface area contributed by atoms with Gasteiger partial charge >= 0.3 is 0 Å². The van der Waals surface area contributed by atoms with E-state index in [1.807, 2.05) is 26.0 Å². The van der Waals surface area contributed by atoms with Crippen LogP contribution in [0.25, 0.3) is 0 Å². The highest BCUT2D eigenvalue weighted by Crippen LogP contribution is 2.26. The van der Waals surface area contributed by atoms with E-state index < -0.39 is 10.0 Å². The van der Waals surface area contributed by atoms with Gasteiger partial charge in [0.1, 0.15) is 0 Å². The number of nitrogens with one attached hydrogen (secondary N) is 1. The van der Waals surface area contributed by atoms with Crippen LogP contribution in [0.2, 0.25) is 0 Å². The number of carbonyl (C=O) groups excluding carboxylic acids is 1. The lowest BCUT2D eigenvalue weighted by molar-refractivity contribution is -0.126. The third-order valence-corrected chi connectivity index (χ3v) is 7.85. The molecule has 0 aromatic heterocycles. The average Bonchev–Trinajstić information content (AvgIpc) is 2.70. The first kappa shape index (κ1) is 21.1. The normalized spacial score (nSPS) is 21.2. The Kier molecular flexibility index (Phi) is 6.94. The summed E-state index contributed by atoms with van der Waals surface area (Å²) in [6.45, 7) is 5.11. The first-order valence-corrected chi connectivity index (χ1v) is 11.8. The monoisotopic (exact) mass is 404 g/mol. The number of carbonyl (C=O) groups is 1. The molecule has 5 nitrogen and oxygen atoms in total. The predicted molar refractivity (Wildman–Crippen MR) is 112 cm³/mol. The molecule has 1 saturated heterocycles. The smallest absolute Gasteiger partial charge is 0.243 e. The Bertz CT molecular complexity index is 845. The summed E-state index contributed by atoms with van der Waals surface area (Å²) in [5.74, 6) is -0.286. The fourth-order valence-corrected chi connectivity index (χ4v) is 5.95. The zero-order valence-electron chi connectivity index (χ0n) is 17.0. The molecule has 1 unspecified atom stereocenters. The van der Waals surface area contributed by atoms with Gasteiger partial charge in [0, 0.05) is 19.6 Å². The van der Waals surface area contributed by atoms with Gasteiger partial charge in [0.05, 0.1) is 10.8 Å². The van der Waals surface area contributed by atoms with Crippen LogP contribution >= 0.6 is 0 Å². The number of nitrogens with zero attached hydrogens (tertiary/aromatic N) is 1. The molecule has 1 fully saturated rings. The van der Waals surface area contributed by atoms with Crippen molar-refractivity contribution in [3.05, 3.63) is 41.0 Å². The molecule has 1 heterocycles. The minimum atomic E-state index is -3.58. The molecule has 2 aliphatic rings. The molecular formula is C22H32N2O3S. The number of allylic oxidation sites excluding steroid dienone is 1. The zero-order valence-corrected chi connectivity index (χ0v) is 17.9. The van der Waals surface area contributed by atoms with E-state index >= 15 is 0 Å². The van der Waals surface area contributed by atoms with Crippen molar-refractivity contribution in [1.82, 2.24) is 9.62 Å². The maximum Gasteiger partial charge on any atom is 0.243 e. The van der Waals surface area contributed by atoms with Gasteiger partial charge in [-0.1, -0.05) is 23.8 Å². The Morgan fingerprint density at radius 2 is 2.04 bits per heavy atom. The van der Waals surface area contributed by atoms with E-state index in [2.05, 4.69) is 11.4 Å². The molecule has 1 aliphatic heterocycles. The molecule has 154 valence electrons. The predicted octanol–water partition coefficient (Wildman–Crippen LogP) is 3.71. The largest absolute Gasteiger partial charge is 0.356 e. The number of aryl methyl sites for hydroxylation is 2. The van der Waals surface area contributed by atoms with E-state index in [-0.39, 0.29) is 18.4 Å². The number of sulfonamides is 1. The lowest BCUT2D eigenvalue weighted by atomic mass is 9.96.